The maximum atomic E-state index is 10.9. The predicted octanol–water partition coefficient (Wildman–Crippen LogP) is 3.89. The first kappa shape index (κ1) is 19.9. The lowest BCUT2D eigenvalue weighted by Gasteiger charge is -2.12. The van der Waals surface area contributed by atoms with E-state index >= 15 is 0 Å². The molecule has 0 unspecified atom stereocenters. The van der Waals surface area contributed by atoms with Gasteiger partial charge in [-0.05, 0) is 52.9 Å². The first-order chi connectivity index (χ1) is 14.0. The molecule has 3 aromatic carbocycles. The number of aliphatic carboxylic acids is 1. The van der Waals surface area contributed by atoms with Gasteiger partial charge in [-0.3, -0.25) is 4.79 Å². The first-order valence-corrected chi connectivity index (χ1v) is 9.34. The molecular formula is C23H24N4O2. The van der Waals surface area contributed by atoms with Crippen molar-refractivity contribution < 1.29 is 9.90 Å². The standard InChI is InChI=1S/C23H24N4O2/c24-23(25)27-20-9-3-5-16(13-20)15-26-19-8-4-7-18(14-19)21-10-2-1-6-17(21)11-12-22(28)29/h1-10,13-14,26H,11-12,15H2,(H,28,29)(H4,24,25,27). The highest BCUT2D eigenvalue weighted by molar-refractivity contribution is 5.79. The van der Waals surface area contributed by atoms with Crippen molar-refractivity contribution in [3.63, 3.8) is 0 Å². The molecule has 0 spiro atoms. The molecule has 3 rings (SSSR count). The molecule has 6 nitrogen and oxygen atoms in total. The minimum absolute atomic E-state index is 0.0318. The molecule has 0 heterocycles. The van der Waals surface area contributed by atoms with Crippen LogP contribution in [0.4, 0.5) is 11.4 Å². The number of benzene rings is 3. The van der Waals surface area contributed by atoms with Crippen LogP contribution in [-0.2, 0) is 17.8 Å². The van der Waals surface area contributed by atoms with Crippen molar-refractivity contribution in [2.75, 3.05) is 5.32 Å². The summed E-state index contributed by atoms with van der Waals surface area (Å²) in [5, 5.41) is 12.4. The van der Waals surface area contributed by atoms with E-state index in [1.54, 1.807) is 0 Å². The van der Waals surface area contributed by atoms with E-state index in [2.05, 4.69) is 16.4 Å². The van der Waals surface area contributed by atoms with Gasteiger partial charge in [-0.2, -0.15) is 0 Å². The van der Waals surface area contributed by atoms with Crippen LogP contribution in [0.2, 0.25) is 0 Å². The Morgan fingerprint density at radius 1 is 0.966 bits per heavy atom. The Morgan fingerprint density at radius 3 is 2.55 bits per heavy atom. The number of nitrogens with zero attached hydrogens (tertiary/aromatic N) is 1. The molecule has 29 heavy (non-hydrogen) atoms. The van der Waals surface area contributed by atoms with Gasteiger partial charge in [-0.1, -0.05) is 48.5 Å². The molecule has 148 valence electrons. The van der Waals surface area contributed by atoms with E-state index in [0.29, 0.717) is 18.7 Å². The number of nitrogens with one attached hydrogen (secondary N) is 1. The monoisotopic (exact) mass is 388 g/mol. The summed E-state index contributed by atoms with van der Waals surface area (Å²) in [5.74, 6) is -0.762. The lowest BCUT2D eigenvalue weighted by atomic mass is 9.96. The van der Waals surface area contributed by atoms with Gasteiger partial charge in [0.2, 0.25) is 0 Å². The summed E-state index contributed by atoms with van der Waals surface area (Å²) in [5.41, 5.74) is 16.7. The fourth-order valence-electron chi connectivity index (χ4n) is 3.15. The number of aryl methyl sites for hydroxylation is 1. The van der Waals surface area contributed by atoms with Gasteiger partial charge in [-0.25, -0.2) is 4.99 Å². The summed E-state index contributed by atoms with van der Waals surface area (Å²) in [6.45, 7) is 0.623. The van der Waals surface area contributed by atoms with Crippen LogP contribution >= 0.6 is 0 Å². The number of guanidine groups is 1. The third-order valence-electron chi connectivity index (χ3n) is 4.46. The van der Waals surface area contributed by atoms with Crippen LogP contribution in [0.1, 0.15) is 17.5 Å². The number of carboxylic acids is 1. The Kier molecular flexibility index (Phi) is 6.47. The molecule has 0 saturated carbocycles. The average Bonchev–Trinajstić information content (AvgIpc) is 2.71. The third-order valence-corrected chi connectivity index (χ3v) is 4.46. The summed E-state index contributed by atoms with van der Waals surface area (Å²) >= 11 is 0. The number of nitrogens with two attached hydrogens (primary N) is 2. The van der Waals surface area contributed by atoms with E-state index in [9.17, 15) is 4.79 Å². The normalized spacial score (nSPS) is 10.3. The number of hydrogen-bond donors (Lipinski definition) is 4. The lowest BCUT2D eigenvalue weighted by Crippen LogP contribution is -2.21. The second-order valence-electron chi connectivity index (χ2n) is 6.69. The van der Waals surface area contributed by atoms with Gasteiger partial charge >= 0.3 is 5.97 Å². The van der Waals surface area contributed by atoms with E-state index in [0.717, 1.165) is 27.9 Å². The van der Waals surface area contributed by atoms with Crippen molar-refractivity contribution in [2.45, 2.75) is 19.4 Å². The van der Waals surface area contributed by atoms with Crippen molar-refractivity contribution in [1.29, 1.82) is 0 Å². The Balaban J connectivity index is 1.76. The number of aliphatic imine (C=N–C) groups is 1. The van der Waals surface area contributed by atoms with E-state index in [1.807, 2.05) is 66.7 Å². The quantitative estimate of drug-likeness (QED) is 0.345. The zero-order chi connectivity index (χ0) is 20.6. The molecule has 0 saturated heterocycles. The van der Waals surface area contributed by atoms with Crippen LogP contribution in [0.5, 0.6) is 0 Å². The van der Waals surface area contributed by atoms with E-state index in [4.69, 9.17) is 16.6 Å². The molecule has 0 aromatic heterocycles. The minimum atomic E-state index is -0.793. The summed E-state index contributed by atoms with van der Waals surface area (Å²) in [6.07, 6.45) is 0.613. The maximum absolute atomic E-state index is 10.9. The summed E-state index contributed by atoms with van der Waals surface area (Å²) in [6, 6.07) is 23.7. The van der Waals surface area contributed by atoms with Gasteiger partial charge < -0.3 is 21.9 Å². The molecular weight excluding hydrogens is 364 g/mol. The van der Waals surface area contributed by atoms with Gasteiger partial charge in [0.15, 0.2) is 5.96 Å². The molecule has 0 fully saturated rings. The van der Waals surface area contributed by atoms with Crippen LogP contribution in [0.3, 0.4) is 0 Å². The summed E-state index contributed by atoms with van der Waals surface area (Å²) < 4.78 is 0. The van der Waals surface area contributed by atoms with Crippen molar-refractivity contribution in [2.24, 2.45) is 16.5 Å². The van der Waals surface area contributed by atoms with Gasteiger partial charge in [-0.15, -0.1) is 0 Å². The molecule has 0 atom stereocenters. The molecule has 3 aromatic rings. The smallest absolute Gasteiger partial charge is 0.303 e. The Bertz CT molecular complexity index is 1030. The largest absolute Gasteiger partial charge is 0.481 e. The van der Waals surface area contributed by atoms with Crippen LogP contribution in [0.15, 0.2) is 77.8 Å². The zero-order valence-electron chi connectivity index (χ0n) is 16.0. The van der Waals surface area contributed by atoms with Crippen molar-refractivity contribution in [3.8, 4) is 11.1 Å². The molecule has 0 aliphatic rings. The second kappa shape index (κ2) is 9.41. The SMILES string of the molecule is NC(N)=Nc1cccc(CNc2cccc(-c3ccccc3CCC(=O)O)c2)c1. The highest BCUT2D eigenvalue weighted by Gasteiger charge is 2.07. The maximum Gasteiger partial charge on any atom is 0.303 e. The molecule has 0 amide bonds. The average molecular weight is 388 g/mol. The molecule has 0 aliphatic heterocycles. The third kappa shape index (κ3) is 5.84. The predicted molar refractivity (Wildman–Crippen MR) is 117 cm³/mol. The Labute approximate surface area is 169 Å². The number of carboxylic acid groups (broad SMARTS) is 1. The van der Waals surface area contributed by atoms with E-state index in [-0.39, 0.29) is 12.4 Å². The lowest BCUT2D eigenvalue weighted by molar-refractivity contribution is -0.136. The molecule has 0 radical (unpaired) electrons. The molecule has 6 heteroatoms. The van der Waals surface area contributed by atoms with Crippen LogP contribution in [0.25, 0.3) is 11.1 Å². The van der Waals surface area contributed by atoms with Gasteiger partial charge in [0, 0.05) is 18.7 Å². The summed E-state index contributed by atoms with van der Waals surface area (Å²) in [7, 11) is 0. The number of anilines is 1. The fraction of sp³-hybridized carbons (Fsp3) is 0.130. The molecule has 0 bridgehead atoms. The first-order valence-electron chi connectivity index (χ1n) is 9.34. The Morgan fingerprint density at radius 2 is 1.76 bits per heavy atom. The van der Waals surface area contributed by atoms with Crippen molar-refractivity contribution in [3.05, 3.63) is 83.9 Å². The van der Waals surface area contributed by atoms with Gasteiger partial charge in [0.25, 0.3) is 0 Å². The Hall–Kier alpha value is -3.80. The van der Waals surface area contributed by atoms with Gasteiger partial charge in [0.05, 0.1) is 5.69 Å². The van der Waals surface area contributed by atoms with Crippen LogP contribution in [-0.4, -0.2) is 17.0 Å². The van der Waals surface area contributed by atoms with Crippen molar-refractivity contribution in [1.82, 2.24) is 0 Å². The summed E-state index contributed by atoms with van der Waals surface area (Å²) in [4.78, 5) is 15.0. The number of rotatable bonds is 8. The van der Waals surface area contributed by atoms with Crippen LogP contribution in [0, 0.1) is 0 Å². The molecule has 0 aliphatic carbocycles. The van der Waals surface area contributed by atoms with E-state index in [1.165, 1.54) is 0 Å². The van der Waals surface area contributed by atoms with Crippen molar-refractivity contribution >= 4 is 23.3 Å². The number of hydrogen-bond acceptors (Lipinski definition) is 3. The van der Waals surface area contributed by atoms with Gasteiger partial charge in [0.1, 0.15) is 0 Å². The van der Waals surface area contributed by atoms with E-state index < -0.39 is 5.97 Å². The number of carbonyl (C=O) groups is 1. The minimum Gasteiger partial charge on any atom is -0.481 e. The second-order valence-corrected chi connectivity index (χ2v) is 6.69. The highest BCUT2D eigenvalue weighted by atomic mass is 16.4. The topological polar surface area (TPSA) is 114 Å². The highest BCUT2D eigenvalue weighted by Crippen LogP contribution is 2.27. The molecule has 6 N–H and O–H groups in total. The van der Waals surface area contributed by atoms with Crippen LogP contribution < -0.4 is 16.8 Å². The zero-order valence-corrected chi connectivity index (χ0v) is 16.0. The fourth-order valence-corrected chi connectivity index (χ4v) is 3.15.